The van der Waals surface area contributed by atoms with Crippen LogP contribution in [0.25, 0.3) is 11.2 Å². The summed E-state index contributed by atoms with van der Waals surface area (Å²) in [6, 6.07) is 12.0. The normalized spacial score (nSPS) is 11.0. The van der Waals surface area contributed by atoms with Crippen LogP contribution < -0.4 is 5.32 Å². The Morgan fingerprint density at radius 2 is 1.97 bits per heavy atom. The summed E-state index contributed by atoms with van der Waals surface area (Å²) in [5.41, 5.74) is 1.70. The fourth-order valence-electron chi connectivity index (χ4n) is 2.67. The van der Waals surface area contributed by atoms with Crippen LogP contribution in [0.1, 0.15) is 5.56 Å². The minimum Gasteiger partial charge on any atom is -0.325 e. The number of carbonyl (C=O) groups excluding carboxylic acids is 1. The smallest absolute Gasteiger partial charge is 0.234 e. The summed E-state index contributed by atoms with van der Waals surface area (Å²) >= 11 is 1.16. The molecule has 0 aliphatic heterocycles. The van der Waals surface area contributed by atoms with Crippen LogP contribution >= 0.6 is 11.8 Å². The van der Waals surface area contributed by atoms with E-state index in [1.165, 1.54) is 35.3 Å². The zero-order valence-electron chi connectivity index (χ0n) is 14.9. The van der Waals surface area contributed by atoms with Gasteiger partial charge >= 0.3 is 0 Å². The third kappa shape index (κ3) is 4.37. The topological polar surface area (TPSA) is 85.6 Å². The van der Waals surface area contributed by atoms with Crippen LogP contribution in [0.4, 0.5) is 14.5 Å². The van der Waals surface area contributed by atoms with Crippen LogP contribution in [0.3, 0.4) is 0 Å². The number of anilines is 1. The van der Waals surface area contributed by atoms with Crippen LogP contribution in [0.5, 0.6) is 0 Å². The first-order chi connectivity index (χ1) is 14.1. The summed E-state index contributed by atoms with van der Waals surface area (Å²) in [5.74, 6) is -1.04. The molecule has 0 fully saturated rings. The summed E-state index contributed by atoms with van der Waals surface area (Å²) in [7, 11) is 0. The van der Waals surface area contributed by atoms with E-state index < -0.39 is 5.82 Å². The van der Waals surface area contributed by atoms with Gasteiger partial charge in [-0.3, -0.25) is 4.79 Å². The van der Waals surface area contributed by atoms with E-state index in [1.807, 2.05) is 0 Å². The first-order valence-corrected chi connectivity index (χ1v) is 9.54. The molecule has 0 atom stereocenters. The molecule has 0 saturated heterocycles. The SMILES string of the molecule is O=C(CSc1ncnc2c1nnn2Cc1ccccc1F)Nc1cccc(F)c1. The number of fused-ring (bicyclic) bond motifs is 1. The fourth-order valence-corrected chi connectivity index (χ4v) is 3.40. The van der Waals surface area contributed by atoms with E-state index in [0.29, 0.717) is 27.4 Å². The Kier molecular flexibility index (Phi) is 5.43. The number of hydrogen-bond donors (Lipinski definition) is 1. The van der Waals surface area contributed by atoms with Gasteiger partial charge in [-0.15, -0.1) is 5.10 Å². The number of benzene rings is 2. The lowest BCUT2D eigenvalue weighted by Gasteiger charge is -2.05. The molecule has 0 unspecified atom stereocenters. The van der Waals surface area contributed by atoms with E-state index in [2.05, 4.69) is 25.6 Å². The van der Waals surface area contributed by atoms with Gasteiger partial charge in [-0.1, -0.05) is 41.2 Å². The van der Waals surface area contributed by atoms with Gasteiger partial charge in [0, 0.05) is 11.3 Å². The van der Waals surface area contributed by atoms with Crippen molar-refractivity contribution >= 4 is 34.5 Å². The number of amides is 1. The summed E-state index contributed by atoms with van der Waals surface area (Å²) in [4.78, 5) is 20.5. The van der Waals surface area contributed by atoms with Crippen molar-refractivity contribution in [2.45, 2.75) is 11.6 Å². The minimum atomic E-state index is -0.431. The van der Waals surface area contributed by atoms with Gasteiger partial charge < -0.3 is 5.32 Å². The van der Waals surface area contributed by atoms with Gasteiger partial charge in [0.15, 0.2) is 11.2 Å². The van der Waals surface area contributed by atoms with Crippen molar-refractivity contribution in [2.75, 3.05) is 11.1 Å². The average molecular weight is 412 g/mol. The molecule has 10 heteroatoms. The second-order valence-corrected chi connectivity index (χ2v) is 7.00. The van der Waals surface area contributed by atoms with Crippen molar-refractivity contribution in [3.63, 3.8) is 0 Å². The number of hydrogen-bond acceptors (Lipinski definition) is 6. The Labute approximate surface area is 168 Å². The molecule has 0 saturated carbocycles. The zero-order chi connectivity index (χ0) is 20.2. The Balaban J connectivity index is 1.48. The van der Waals surface area contributed by atoms with Crippen LogP contribution in [-0.4, -0.2) is 36.6 Å². The van der Waals surface area contributed by atoms with Crippen molar-refractivity contribution < 1.29 is 13.6 Å². The van der Waals surface area contributed by atoms with Gasteiger partial charge in [0.25, 0.3) is 0 Å². The van der Waals surface area contributed by atoms with E-state index in [4.69, 9.17) is 0 Å². The number of aromatic nitrogens is 5. The highest BCUT2D eigenvalue weighted by Gasteiger charge is 2.15. The molecule has 0 bridgehead atoms. The van der Waals surface area contributed by atoms with Gasteiger partial charge in [0.1, 0.15) is 23.0 Å². The lowest BCUT2D eigenvalue weighted by atomic mass is 10.2. The second kappa shape index (κ2) is 8.31. The molecule has 4 rings (SSSR count). The molecule has 0 aliphatic carbocycles. The quantitative estimate of drug-likeness (QED) is 0.386. The van der Waals surface area contributed by atoms with E-state index >= 15 is 0 Å². The maximum Gasteiger partial charge on any atom is 0.234 e. The minimum absolute atomic E-state index is 0.0444. The molecule has 29 heavy (non-hydrogen) atoms. The Bertz CT molecular complexity index is 1180. The molecular weight excluding hydrogens is 398 g/mol. The third-order valence-electron chi connectivity index (χ3n) is 3.99. The molecular formula is C19H14F2N6OS. The van der Waals surface area contributed by atoms with Crippen molar-refractivity contribution in [3.8, 4) is 0 Å². The van der Waals surface area contributed by atoms with Gasteiger partial charge in [0.05, 0.1) is 12.3 Å². The molecule has 146 valence electrons. The monoisotopic (exact) mass is 412 g/mol. The predicted molar refractivity (Wildman–Crippen MR) is 104 cm³/mol. The summed E-state index contributed by atoms with van der Waals surface area (Å²) in [5, 5.41) is 11.2. The van der Waals surface area contributed by atoms with E-state index in [9.17, 15) is 13.6 Å². The van der Waals surface area contributed by atoms with Gasteiger partial charge in [-0.25, -0.2) is 23.4 Å². The number of rotatable bonds is 6. The van der Waals surface area contributed by atoms with E-state index in [-0.39, 0.29) is 24.0 Å². The number of nitrogens with zero attached hydrogens (tertiary/aromatic N) is 5. The molecule has 4 aromatic rings. The molecule has 0 radical (unpaired) electrons. The number of carbonyl (C=O) groups is 1. The number of thioether (sulfide) groups is 1. The first kappa shape index (κ1) is 18.9. The number of nitrogens with one attached hydrogen (secondary N) is 1. The summed E-state index contributed by atoms with van der Waals surface area (Å²) in [6.07, 6.45) is 1.34. The molecule has 2 aromatic heterocycles. The highest BCUT2D eigenvalue weighted by molar-refractivity contribution is 8.00. The van der Waals surface area contributed by atoms with Gasteiger partial charge in [-0.05, 0) is 24.3 Å². The Hall–Kier alpha value is -3.40. The standard InChI is InChI=1S/C19H14F2N6OS/c20-13-5-3-6-14(8-13)24-16(28)10-29-19-17-18(22-11-23-19)27(26-25-17)9-12-4-1-2-7-15(12)21/h1-8,11H,9-10H2,(H,24,28). The largest absolute Gasteiger partial charge is 0.325 e. The molecule has 1 amide bonds. The highest BCUT2D eigenvalue weighted by Crippen LogP contribution is 2.23. The van der Waals surface area contributed by atoms with Crippen LogP contribution in [0, 0.1) is 11.6 Å². The fraction of sp³-hybridized carbons (Fsp3) is 0.105. The van der Waals surface area contributed by atoms with Gasteiger partial charge in [0.2, 0.25) is 5.91 Å². The van der Waals surface area contributed by atoms with Crippen molar-refractivity contribution in [1.29, 1.82) is 0 Å². The predicted octanol–water partition coefficient (Wildman–Crippen LogP) is 3.28. The van der Waals surface area contributed by atoms with Crippen molar-refractivity contribution in [2.24, 2.45) is 0 Å². The molecule has 0 aliphatic rings. The average Bonchev–Trinajstić information content (AvgIpc) is 3.12. The van der Waals surface area contributed by atoms with Crippen molar-refractivity contribution in [3.05, 3.63) is 72.1 Å². The van der Waals surface area contributed by atoms with Crippen LogP contribution in [0.15, 0.2) is 59.9 Å². The summed E-state index contributed by atoms with van der Waals surface area (Å²) in [6.45, 7) is 0.171. The van der Waals surface area contributed by atoms with Crippen LogP contribution in [-0.2, 0) is 11.3 Å². The lowest BCUT2D eigenvalue weighted by molar-refractivity contribution is -0.113. The van der Waals surface area contributed by atoms with Crippen molar-refractivity contribution in [1.82, 2.24) is 25.0 Å². The van der Waals surface area contributed by atoms with Crippen LogP contribution in [0.2, 0.25) is 0 Å². The zero-order valence-corrected chi connectivity index (χ0v) is 15.7. The molecule has 0 spiro atoms. The van der Waals surface area contributed by atoms with E-state index in [1.54, 1.807) is 24.3 Å². The molecule has 7 nitrogen and oxygen atoms in total. The third-order valence-corrected chi connectivity index (χ3v) is 4.97. The van der Waals surface area contributed by atoms with E-state index in [0.717, 1.165) is 11.8 Å². The maximum absolute atomic E-state index is 13.9. The van der Waals surface area contributed by atoms with Gasteiger partial charge in [-0.2, -0.15) is 0 Å². The molecule has 2 heterocycles. The Morgan fingerprint density at radius 3 is 2.79 bits per heavy atom. The second-order valence-electron chi connectivity index (χ2n) is 6.04. The lowest BCUT2D eigenvalue weighted by Crippen LogP contribution is -2.14. The molecule has 1 N–H and O–H groups in total. The summed E-state index contributed by atoms with van der Waals surface area (Å²) < 4.78 is 28.6. The highest BCUT2D eigenvalue weighted by atomic mass is 32.2. The maximum atomic E-state index is 13.9. The number of halogens is 2. The first-order valence-electron chi connectivity index (χ1n) is 8.56. The molecule has 2 aromatic carbocycles. The Morgan fingerprint density at radius 1 is 1.10 bits per heavy atom.